The summed E-state index contributed by atoms with van der Waals surface area (Å²) in [5.41, 5.74) is 2.51. The topological polar surface area (TPSA) is 96.6 Å². The number of allylic oxidation sites excluding steroid dienone is 1. The van der Waals surface area contributed by atoms with Gasteiger partial charge in [0.05, 0.1) is 37.9 Å². The molecule has 1 unspecified atom stereocenters. The molecular weight excluding hydrogens is 390 g/mol. The van der Waals surface area contributed by atoms with E-state index in [1.54, 1.807) is 30.0 Å². The Morgan fingerprint density at radius 2 is 2.04 bits per heavy atom. The molecule has 1 aliphatic rings. The summed E-state index contributed by atoms with van der Waals surface area (Å²) in [4.78, 5) is 13.5. The van der Waals surface area contributed by atoms with E-state index in [9.17, 15) is 17.8 Å². The molecule has 27 heavy (non-hydrogen) atoms. The van der Waals surface area contributed by atoms with Crippen LogP contribution in [0.15, 0.2) is 57.0 Å². The lowest BCUT2D eigenvalue weighted by Gasteiger charge is -2.28. The summed E-state index contributed by atoms with van der Waals surface area (Å²) in [5.74, 6) is 0.308. The third-order valence-corrected chi connectivity index (χ3v) is 5.91. The zero-order valence-electron chi connectivity index (χ0n) is 15.5. The first-order chi connectivity index (χ1) is 12.6. The second-order valence-corrected chi connectivity index (χ2v) is 8.19. The summed E-state index contributed by atoms with van der Waals surface area (Å²) < 4.78 is 36.9. The molecule has 0 aliphatic carbocycles. The van der Waals surface area contributed by atoms with E-state index in [0.29, 0.717) is 10.2 Å². The van der Waals surface area contributed by atoms with Crippen LogP contribution in [0, 0.1) is 6.92 Å². The zero-order chi connectivity index (χ0) is 20.2. The molecule has 146 valence electrons. The maximum Gasteiger partial charge on any atom is 0.227 e. The van der Waals surface area contributed by atoms with Crippen molar-refractivity contribution in [2.45, 2.75) is 18.7 Å². The van der Waals surface area contributed by atoms with Crippen LogP contribution in [0.3, 0.4) is 0 Å². The molecule has 2 heterocycles. The van der Waals surface area contributed by atoms with Crippen molar-refractivity contribution in [1.29, 1.82) is 0 Å². The fourth-order valence-corrected chi connectivity index (χ4v) is 3.85. The highest BCUT2D eigenvalue weighted by atomic mass is 32.3. The van der Waals surface area contributed by atoms with E-state index in [-0.39, 0.29) is 5.78 Å². The summed E-state index contributed by atoms with van der Waals surface area (Å²) >= 11 is 1.67. The van der Waals surface area contributed by atoms with Gasteiger partial charge in [0.1, 0.15) is 0 Å². The van der Waals surface area contributed by atoms with Crippen LogP contribution >= 0.6 is 11.8 Å². The second kappa shape index (κ2) is 8.41. The summed E-state index contributed by atoms with van der Waals surface area (Å²) in [5, 5.41) is 1.04. The highest BCUT2D eigenvalue weighted by Crippen LogP contribution is 2.50. The highest BCUT2D eigenvalue weighted by molar-refractivity contribution is 8.03. The molecule has 3 rings (SSSR count). The number of nitrogens with zero attached hydrogens (tertiary/aromatic N) is 1. The van der Waals surface area contributed by atoms with Gasteiger partial charge >= 0.3 is 0 Å². The number of ketones is 1. The Hall–Kier alpha value is -1.91. The molecular formula is C18H21NO6S2. The molecule has 1 atom stereocenters. The average molecular weight is 412 g/mol. The van der Waals surface area contributed by atoms with E-state index in [2.05, 4.69) is 43.3 Å². The minimum Gasteiger partial charge on any atom is -0.726 e. The Kier molecular flexibility index (Phi) is 6.66. The smallest absolute Gasteiger partial charge is 0.227 e. The molecule has 9 heteroatoms. The molecule has 0 saturated heterocycles. The van der Waals surface area contributed by atoms with Gasteiger partial charge in [0.15, 0.2) is 16.5 Å². The van der Waals surface area contributed by atoms with E-state index < -0.39 is 10.4 Å². The fraction of sp³-hybridized carbons (Fsp3) is 0.278. The molecule has 0 bridgehead atoms. The van der Waals surface area contributed by atoms with Crippen LogP contribution in [0.25, 0.3) is 0 Å². The average Bonchev–Trinajstić information content (AvgIpc) is 3.24. The minimum absolute atomic E-state index is 0.0789. The van der Waals surface area contributed by atoms with E-state index in [4.69, 9.17) is 4.42 Å². The van der Waals surface area contributed by atoms with Crippen molar-refractivity contribution < 1.29 is 26.4 Å². The van der Waals surface area contributed by atoms with Crippen LogP contribution in [0.4, 0.5) is 5.69 Å². The zero-order valence-corrected chi connectivity index (χ0v) is 17.1. The van der Waals surface area contributed by atoms with E-state index in [0.717, 1.165) is 18.7 Å². The van der Waals surface area contributed by atoms with Crippen LogP contribution in [0.1, 0.15) is 23.0 Å². The Morgan fingerprint density at radius 1 is 1.37 bits per heavy atom. The van der Waals surface area contributed by atoms with Gasteiger partial charge in [-0.15, -0.1) is 0 Å². The molecule has 0 fully saturated rings. The van der Waals surface area contributed by atoms with Gasteiger partial charge in [-0.05, 0) is 49.4 Å². The van der Waals surface area contributed by atoms with E-state index >= 15 is 0 Å². The normalized spacial score (nSPS) is 20.1. The monoisotopic (exact) mass is 411 g/mol. The largest absolute Gasteiger partial charge is 0.726 e. The Morgan fingerprint density at radius 3 is 2.56 bits per heavy atom. The first kappa shape index (κ1) is 21.4. The van der Waals surface area contributed by atoms with Gasteiger partial charge < -0.3 is 8.97 Å². The predicted molar refractivity (Wildman–Crippen MR) is 103 cm³/mol. The first-order valence-electron chi connectivity index (χ1n) is 8.07. The molecule has 0 radical (unpaired) electrons. The maximum atomic E-state index is 12.3. The van der Waals surface area contributed by atoms with Crippen molar-refractivity contribution in [3.63, 3.8) is 0 Å². The number of benzene rings is 1. The summed E-state index contributed by atoms with van der Waals surface area (Å²) in [6.07, 6.45) is 3.24. The van der Waals surface area contributed by atoms with Crippen molar-refractivity contribution in [2.24, 2.45) is 0 Å². The third-order valence-electron chi connectivity index (χ3n) is 4.20. The summed E-state index contributed by atoms with van der Waals surface area (Å²) in [6.45, 7) is 5.14. The fourth-order valence-electron chi connectivity index (χ4n) is 2.53. The quantitative estimate of drug-likeness (QED) is 0.250. The lowest BCUT2D eigenvalue weighted by Crippen LogP contribution is -2.40. The molecule has 1 aliphatic heterocycles. The van der Waals surface area contributed by atoms with Gasteiger partial charge in [0.2, 0.25) is 16.2 Å². The number of carbonyl (C=O) groups is 1. The molecule has 1 aromatic heterocycles. The Labute approximate surface area is 163 Å². The molecule has 0 spiro atoms. The number of quaternary nitrogens is 1. The first-order valence-corrected chi connectivity index (χ1v) is 10.2. The molecule has 1 aromatic carbocycles. The van der Waals surface area contributed by atoms with Crippen molar-refractivity contribution in [1.82, 2.24) is 4.48 Å². The number of hydrogen-bond acceptors (Lipinski definition) is 7. The van der Waals surface area contributed by atoms with Crippen molar-refractivity contribution >= 4 is 33.6 Å². The van der Waals surface area contributed by atoms with E-state index in [1.165, 1.54) is 22.4 Å². The van der Waals surface area contributed by atoms with Gasteiger partial charge in [0.25, 0.3) is 0 Å². The second-order valence-electron chi connectivity index (χ2n) is 5.98. The van der Waals surface area contributed by atoms with Crippen LogP contribution in [-0.2, 0) is 14.6 Å². The number of furan rings is 1. The Bertz CT molecular complexity index is 950. The number of hydrogen-bond donors (Lipinski definition) is 0. The molecule has 2 aromatic rings. The van der Waals surface area contributed by atoms with Crippen LogP contribution in [0.5, 0.6) is 0 Å². The van der Waals surface area contributed by atoms with Gasteiger partial charge in [-0.1, -0.05) is 6.07 Å². The van der Waals surface area contributed by atoms with Crippen LogP contribution in [-0.4, -0.2) is 39.5 Å². The third kappa shape index (κ3) is 5.08. The van der Waals surface area contributed by atoms with Crippen LogP contribution in [0.2, 0.25) is 0 Å². The SMILES string of the molecule is CC[N+]1(C)/C(=C\C(=O)c2ccco2)Sc2ccc(C)cc21.COS(=O)(=O)[O-]. The summed E-state index contributed by atoms with van der Waals surface area (Å²) in [6, 6.07) is 9.90. The molecule has 7 nitrogen and oxygen atoms in total. The highest BCUT2D eigenvalue weighted by Gasteiger charge is 2.40. The number of carbonyl (C=O) groups excluding carboxylic acids is 1. The van der Waals surface area contributed by atoms with E-state index in [1.807, 2.05) is 0 Å². The van der Waals surface area contributed by atoms with Gasteiger partial charge in [-0.25, -0.2) is 8.42 Å². The van der Waals surface area contributed by atoms with Crippen molar-refractivity contribution in [3.8, 4) is 0 Å². The number of aryl methyl sites for hydroxylation is 1. The number of rotatable bonds is 4. The molecule has 0 saturated carbocycles. The Balaban J connectivity index is 0.000000380. The van der Waals surface area contributed by atoms with Crippen LogP contribution < -0.4 is 4.48 Å². The number of fused-ring (bicyclic) bond motifs is 1. The lowest BCUT2D eigenvalue weighted by atomic mass is 10.2. The molecule has 0 N–H and O–H groups in total. The van der Waals surface area contributed by atoms with Crippen molar-refractivity contribution in [2.75, 3.05) is 20.7 Å². The predicted octanol–water partition coefficient (Wildman–Crippen LogP) is 3.47. The number of thioether (sulfide) groups is 1. The maximum absolute atomic E-state index is 12.3. The lowest BCUT2D eigenvalue weighted by molar-refractivity contribution is 0.102. The minimum atomic E-state index is -4.41. The standard InChI is InChI=1S/C17H18NO2S.CH4O4S/c1-4-18(3)13-10-12(2)7-8-16(13)21-17(18)11-14(19)15-6-5-9-20-15;1-5-6(2,3)4/h5-11H,4H2,1-3H3;1H3,(H,2,3,4)/q+1;/p-1/b17-11+;. The summed E-state index contributed by atoms with van der Waals surface area (Å²) in [7, 11) is -1.45. The molecule has 0 amide bonds. The van der Waals surface area contributed by atoms with Crippen molar-refractivity contribution in [3.05, 3.63) is 59.0 Å². The van der Waals surface area contributed by atoms with Gasteiger partial charge in [-0.3, -0.25) is 13.5 Å². The van der Waals surface area contributed by atoms with Gasteiger partial charge in [-0.2, -0.15) is 0 Å². The van der Waals surface area contributed by atoms with Gasteiger partial charge in [0, 0.05) is 6.07 Å².